The van der Waals surface area contributed by atoms with Gasteiger partial charge in [0.05, 0.1) is 35.2 Å². The molecule has 0 atom stereocenters. The summed E-state index contributed by atoms with van der Waals surface area (Å²) in [5.74, 6) is -0.361. The first-order chi connectivity index (χ1) is 17.4. The van der Waals surface area contributed by atoms with Crippen LogP contribution in [0.5, 0.6) is 0 Å². The first-order valence-electron chi connectivity index (χ1n) is 11.5. The number of hydrogen-bond acceptors (Lipinski definition) is 4. The van der Waals surface area contributed by atoms with E-state index in [9.17, 15) is 13.6 Å². The summed E-state index contributed by atoms with van der Waals surface area (Å²) < 4.78 is 31.0. The maximum absolute atomic E-state index is 14.0. The fraction of sp³-hybridized carbons (Fsp3) is 0.185. The van der Waals surface area contributed by atoms with Gasteiger partial charge in [0.1, 0.15) is 6.54 Å². The Labute approximate surface area is 206 Å². The fourth-order valence-corrected chi connectivity index (χ4v) is 4.16. The number of halogens is 2. The zero-order valence-corrected chi connectivity index (χ0v) is 19.8. The van der Waals surface area contributed by atoms with Crippen molar-refractivity contribution >= 4 is 22.6 Å². The van der Waals surface area contributed by atoms with E-state index in [1.807, 2.05) is 49.4 Å². The molecule has 0 fully saturated rings. The lowest BCUT2D eigenvalue weighted by atomic mass is 10.1. The molecule has 36 heavy (non-hydrogen) atoms. The molecule has 0 aliphatic rings. The molecule has 0 spiro atoms. The number of carbonyl (C=O) groups is 1. The van der Waals surface area contributed by atoms with Gasteiger partial charge in [-0.15, -0.1) is 0 Å². The Morgan fingerprint density at radius 2 is 1.81 bits per heavy atom. The second kappa shape index (κ2) is 9.69. The van der Waals surface area contributed by atoms with E-state index in [0.717, 1.165) is 5.56 Å². The van der Waals surface area contributed by atoms with Crippen LogP contribution in [0.15, 0.2) is 73.1 Å². The molecule has 7 nitrogen and oxygen atoms in total. The van der Waals surface area contributed by atoms with E-state index in [0.29, 0.717) is 29.2 Å². The van der Waals surface area contributed by atoms with Crippen LogP contribution in [0.3, 0.4) is 0 Å². The summed E-state index contributed by atoms with van der Waals surface area (Å²) in [4.78, 5) is 17.4. The zero-order chi connectivity index (χ0) is 25.2. The molecule has 1 N–H and O–H groups in total. The molecule has 5 aromatic rings. The van der Waals surface area contributed by atoms with E-state index >= 15 is 0 Å². The average molecular weight is 487 g/mol. The Hall–Kier alpha value is -4.40. The molecule has 182 valence electrons. The lowest BCUT2D eigenvalue weighted by Crippen LogP contribution is -2.19. The van der Waals surface area contributed by atoms with Gasteiger partial charge in [-0.25, -0.2) is 18.4 Å². The van der Waals surface area contributed by atoms with Gasteiger partial charge in [-0.1, -0.05) is 60.2 Å². The van der Waals surface area contributed by atoms with Gasteiger partial charge in [-0.05, 0) is 25.5 Å². The zero-order valence-electron chi connectivity index (χ0n) is 19.8. The summed E-state index contributed by atoms with van der Waals surface area (Å²) >= 11 is 0. The molecule has 5 rings (SSSR count). The highest BCUT2D eigenvalue weighted by Crippen LogP contribution is 2.33. The van der Waals surface area contributed by atoms with Crippen molar-refractivity contribution < 1.29 is 13.6 Å². The predicted molar refractivity (Wildman–Crippen MR) is 134 cm³/mol. The number of benzene rings is 2. The van der Waals surface area contributed by atoms with Crippen LogP contribution >= 0.6 is 0 Å². The molecule has 0 aliphatic heterocycles. The number of amides is 1. The molecule has 9 heteroatoms. The third-order valence-electron chi connectivity index (χ3n) is 5.89. The van der Waals surface area contributed by atoms with Crippen molar-refractivity contribution in [3.8, 4) is 11.3 Å². The first kappa shape index (κ1) is 23.3. The Kier molecular flexibility index (Phi) is 6.28. The largest absolute Gasteiger partial charge is 0.322 e. The minimum atomic E-state index is -2.71. The van der Waals surface area contributed by atoms with Crippen molar-refractivity contribution in [3.05, 3.63) is 95.4 Å². The number of alkyl halides is 2. The van der Waals surface area contributed by atoms with Crippen molar-refractivity contribution in [2.75, 3.05) is 5.32 Å². The van der Waals surface area contributed by atoms with Crippen LogP contribution in [0.2, 0.25) is 0 Å². The second-order valence-electron chi connectivity index (χ2n) is 8.67. The molecular weight excluding hydrogens is 462 g/mol. The van der Waals surface area contributed by atoms with Crippen LogP contribution in [0, 0.1) is 13.8 Å². The van der Waals surface area contributed by atoms with E-state index < -0.39 is 6.43 Å². The predicted octanol–water partition coefficient (Wildman–Crippen LogP) is 5.54. The Morgan fingerprint density at radius 3 is 2.53 bits per heavy atom. The van der Waals surface area contributed by atoms with Crippen LogP contribution < -0.4 is 5.32 Å². The number of aromatic nitrogens is 5. The number of pyridine rings is 1. The molecule has 0 bridgehead atoms. The summed E-state index contributed by atoms with van der Waals surface area (Å²) in [6, 6.07) is 18.6. The molecule has 0 aliphatic carbocycles. The van der Waals surface area contributed by atoms with Gasteiger partial charge in [0.25, 0.3) is 6.43 Å². The SMILES string of the molecule is Cc1ccc(Cn2cc(NC(=O)Cn3nc(C)c4c(C(F)F)cc(-c5ccccc5)nc43)cn2)cc1. The maximum atomic E-state index is 14.0. The lowest BCUT2D eigenvalue weighted by Gasteiger charge is -2.09. The number of fused-ring (bicyclic) bond motifs is 1. The number of aryl methyl sites for hydroxylation is 2. The molecular formula is C27H24F2N6O. The van der Waals surface area contributed by atoms with Crippen LogP contribution in [-0.2, 0) is 17.9 Å². The average Bonchev–Trinajstić information content (AvgIpc) is 3.43. The number of hydrogen-bond donors (Lipinski definition) is 1. The van der Waals surface area contributed by atoms with Crippen LogP contribution in [0.25, 0.3) is 22.3 Å². The monoisotopic (exact) mass is 486 g/mol. The highest BCUT2D eigenvalue weighted by molar-refractivity contribution is 5.92. The van der Waals surface area contributed by atoms with Crippen LogP contribution in [0.1, 0.15) is 28.8 Å². The molecule has 3 aromatic heterocycles. The van der Waals surface area contributed by atoms with Crippen molar-refractivity contribution in [2.24, 2.45) is 0 Å². The van der Waals surface area contributed by atoms with E-state index in [1.54, 1.807) is 36.1 Å². The quantitative estimate of drug-likeness (QED) is 0.328. The van der Waals surface area contributed by atoms with E-state index in [4.69, 9.17) is 0 Å². The van der Waals surface area contributed by atoms with E-state index in [2.05, 4.69) is 20.5 Å². The topological polar surface area (TPSA) is 77.6 Å². The maximum Gasteiger partial charge on any atom is 0.264 e. The Morgan fingerprint density at radius 1 is 1.06 bits per heavy atom. The summed E-state index contributed by atoms with van der Waals surface area (Å²) in [7, 11) is 0. The van der Waals surface area contributed by atoms with E-state index in [1.165, 1.54) is 16.3 Å². The van der Waals surface area contributed by atoms with Gasteiger partial charge >= 0.3 is 0 Å². The normalized spacial score (nSPS) is 11.4. The first-order valence-corrected chi connectivity index (χ1v) is 11.5. The number of nitrogens with zero attached hydrogens (tertiary/aromatic N) is 5. The summed E-state index contributed by atoms with van der Waals surface area (Å²) in [6.45, 7) is 4.06. The molecule has 0 radical (unpaired) electrons. The van der Waals surface area contributed by atoms with Gasteiger partial charge in [-0.2, -0.15) is 10.2 Å². The van der Waals surface area contributed by atoms with Gasteiger partial charge < -0.3 is 5.32 Å². The molecule has 3 heterocycles. The third kappa shape index (κ3) is 4.86. The standard InChI is InChI=1S/C27H24F2N6O/c1-17-8-10-19(11-9-17)14-34-15-21(13-30-34)31-24(36)16-35-27-25(18(2)33-35)22(26(28)29)12-23(32-27)20-6-4-3-5-7-20/h3-13,15,26H,14,16H2,1-2H3,(H,31,36). The van der Waals surface area contributed by atoms with Crippen molar-refractivity contribution in [3.63, 3.8) is 0 Å². The highest BCUT2D eigenvalue weighted by atomic mass is 19.3. The van der Waals surface area contributed by atoms with Gasteiger partial charge in [-0.3, -0.25) is 9.48 Å². The van der Waals surface area contributed by atoms with E-state index in [-0.39, 0.29) is 29.0 Å². The number of nitrogens with one attached hydrogen (secondary N) is 1. The Bertz CT molecular complexity index is 1520. The van der Waals surface area contributed by atoms with Crippen molar-refractivity contribution in [2.45, 2.75) is 33.4 Å². The molecule has 1 amide bonds. The highest BCUT2D eigenvalue weighted by Gasteiger charge is 2.22. The fourth-order valence-electron chi connectivity index (χ4n) is 4.16. The van der Waals surface area contributed by atoms with Crippen molar-refractivity contribution in [1.29, 1.82) is 0 Å². The van der Waals surface area contributed by atoms with Gasteiger partial charge in [0, 0.05) is 17.3 Å². The minimum absolute atomic E-state index is 0.152. The molecule has 0 unspecified atom stereocenters. The Balaban J connectivity index is 1.38. The number of anilines is 1. The smallest absolute Gasteiger partial charge is 0.264 e. The summed E-state index contributed by atoms with van der Waals surface area (Å²) in [5, 5.41) is 11.7. The summed E-state index contributed by atoms with van der Waals surface area (Å²) in [6.07, 6.45) is 0.604. The third-order valence-corrected chi connectivity index (χ3v) is 5.89. The molecule has 2 aromatic carbocycles. The van der Waals surface area contributed by atoms with Crippen LogP contribution in [-0.4, -0.2) is 30.5 Å². The van der Waals surface area contributed by atoms with Gasteiger partial charge in [0.2, 0.25) is 5.91 Å². The molecule has 0 saturated carbocycles. The molecule has 0 saturated heterocycles. The number of rotatable bonds is 7. The minimum Gasteiger partial charge on any atom is -0.322 e. The van der Waals surface area contributed by atoms with Crippen molar-refractivity contribution in [1.82, 2.24) is 24.5 Å². The number of carbonyl (C=O) groups excluding carboxylic acids is 1. The second-order valence-corrected chi connectivity index (χ2v) is 8.67. The van der Waals surface area contributed by atoms with Gasteiger partial charge in [0.15, 0.2) is 5.65 Å². The lowest BCUT2D eigenvalue weighted by molar-refractivity contribution is -0.116. The van der Waals surface area contributed by atoms with Crippen LogP contribution in [0.4, 0.5) is 14.5 Å². The summed E-state index contributed by atoms with van der Waals surface area (Å²) in [5.41, 5.74) is 4.40.